The largest absolute Gasteiger partial charge is 0.388 e. The molecule has 0 spiro atoms. The molecule has 5 nitrogen and oxygen atoms in total. The highest BCUT2D eigenvalue weighted by molar-refractivity contribution is 14.1. The van der Waals surface area contributed by atoms with Gasteiger partial charge in [0, 0.05) is 11.0 Å². The Morgan fingerprint density at radius 2 is 1.86 bits per heavy atom. The molecular weight excluding hydrogens is 300 g/mol. The molecule has 1 heterocycles. The summed E-state index contributed by atoms with van der Waals surface area (Å²) in [5.74, 6) is 0. The Hall–Kier alpha value is 0.530. The van der Waals surface area contributed by atoms with Crippen LogP contribution < -0.4 is 0 Å². The molecule has 0 aromatic heterocycles. The van der Waals surface area contributed by atoms with Gasteiger partial charge in [0.2, 0.25) is 0 Å². The van der Waals surface area contributed by atoms with Crippen LogP contribution in [0.1, 0.15) is 6.92 Å². The minimum Gasteiger partial charge on any atom is -0.388 e. The molecule has 6 heteroatoms. The van der Waals surface area contributed by atoms with Crippen molar-refractivity contribution in [3.63, 3.8) is 0 Å². The number of halogens is 1. The number of aliphatic hydroxyl groups is 3. The molecule has 1 unspecified atom stereocenters. The van der Waals surface area contributed by atoms with Crippen molar-refractivity contribution in [3.05, 3.63) is 0 Å². The van der Waals surface area contributed by atoms with Crippen molar-refractivity contribution < 1.29 is 24.8 Å². The molecule has 0 aliphatic carbocycles. The highest BCUT2D eigenvalue weighted by Crippen LogP contribution is 2.23. The fraction of sp³-hybridized carbons (Fsp3) is 1.00. The SMILES string of the molecule is CCOC1O[C@H](C[124I])[C@H](O)[C@H](O)[C@H]1O. The lowest BCUT2D eigenvalue weighted by Crippen LogP contribution is -2.58. The summed E-state index contributed by atoms with van der Waals surface area (Å²) >= 11 is 2.04. The summed E-state index contributed by atoms with van der Waals surface area (Å²) in [5.41, 5.74) is 0. The summed E-state index contributed by atoms with van der Waals surface area (Å²) in [6, 6.07) is 0. The number of hydrogen-bond donors (Lipinski definition) is 3. The summed E-state index contributed by atoms with van der Waals surface area (Å²) in [4.78, 5) is 0. The van der Waals surface area contributed by atoms with Crippen molar-refractivity contribution in [1.82, 2.24) is 0 Å². The van der Waals surface area contributed by atoms with E-state index in [1.54, 1.807) is 6.92 Å². The average molecular weight is 315 g/mol. The molecule has 0 aromatic carbocycles. The number of ether oxygens (including phenoxy) is 2. The first-order valence-electron chi connectivity index (χ1n) is 4.49. The molecule has 1 aliphatic rings. The maximum Gasteiger partial charge on any atom is 0.186 e. The maximum absolute atomic E-state index is 9.50. The predicted molar refractivity (Wildman–Crippen MR) is 57.2 cm³/mol. The van der Waals surface area contributed by atoms with Crippen LogP contribution in [0.5, 0.6) is 0 Å². The Labute approximate surface area is 96.2 Å². The monoisotopic (exact) mass is 315 g/mol. The van der Waals surface area contributed by atoms with Gasteiger partial charge < -0.3 is 24.8 Å². The zero-order valence-electron chi connectivity index (χ0n) is 7.84. The van der Waals surface area contributed by atoms with Gasteiger partial charge >= 0.3 is 0 Å². The van der Waals surface area contributed by atoms with Gasteiger partial charge in [-0.25, -0.2) is 0 Å². The van der Waals surface area contributed by atoms with Crippen LogP contribution in [0.15, 0.2) is 0 Å². The third-order valence-electron chi connectivity index (χ3n) is 2.15. The van der Waals surface area contributed by atoms with Gasteiger partial charge in [0.25, 0.3) is 0 Å². The van der Waals surface area contributed by atoms with E-state index >= 15 is 0 Å². The Kier molecular flexibility index (Phi) is 5.01. The minimum atomic E-state index is -1.21. The van der Waals surface area contributed by atoms with Gasteiger partial charge in [0.15, 0.2) is 6.29 Å². The molecule has 1 aliphatic heterocycles. The lowest BCUT2D eigenvalue weighted by atomic mass is 10.0. The van der Waals surface area contributed by atoms with Crippen LogP contribution in [0, 0.1) is 0 Å². The van der Waals surface area contributed by atoms with E-state index in [4.69, 9.17) is 9.47 Å². The molecular formula is C8H15IO5. The predicted octanol–water partition coefficient (Wildman–Crippen LogP) is -0.734. The first-order valence-corrected chi connectivity index (χ1v) is 6.01. The van der Waals surface area contributed by atoms with Crippen LogP contribution in [0.4, 0.5) is 0 Å². The number of rotatable bonds is 3. The van der Waals surface area contributed by atoms with Gasteiger partial charge in [0.1, 0.15) is 18.3 Å². The van der Waals surface area contributed by atoms with Gasteiger partial charge in [-0.2, -0.15) is 0 Å². The van der Waals surface area contributed by atoms with Crippen LogP contribution in [0.2, 0.25) is 0 Å². The molecule has 0 bridgehead atoms. The summed E-state index contributed by atoms with van der Waals surface area (Å²) in [7, 11) is 0. The second-order valence-electron chi connectivity index (χ2n) is 3.12. The summed E-state index contributed by atoms with van der Waals surface area (Å²) in [5, 5.41) is 28.5. The highest BCUT2D eigenvalue weighted by atomic mass is 124. The summed E-state index contributed by atoms with van der Waals surface area (Å²) in [6.07, 6.45) is -4.80. The highest BCUT2D eigenvalue weighted by Gasteiger charge is 2.43. The molecule has 5 atom stereocenters. The van der Waals surface area contributed by atoms with E-state index in [-0.39, 0.29) is 0 Å². The normalized spacial score (nSPS) is 43.9. The summed E-state index contributed by atoms with van der Waals surface area (Å²) in [6.45, 7) is 2.16. The Morgan fingerprint density at radius 3 is 2.36 bits per heavy atom. The van der Waals surface area contributed by atoms with Crippen LogP contribution in [-0.2, 0) is 9.47 Å². The molecule has 0 saturated carbocycles. The molecule has 14 heavy (non-hydrogen) atoms. The van der Waals surface area contributed by atoms with Gasteiger partial charge in [-0.3, -0.25) is 0 Å². The number of alkyl halides is 1. The molecule has 0 aromatic rings. The van der Waals surface area contributed by atoms with Crippen molar-refractivity contribution >= 4 is 22.6 Å². The fourth-order valence-electron chi connectivity index (χ4n) is 1.35. The minimum absolute atomic E-state index is 0.387. The fourth-order valence-corrected chi connectivity index (χ4v) is 2.07. The van der Waals surface area contributed by atoms with Crippen LogP contribution >= 0.6 is 22.6 Å². The van der Waals surface area contributed by atoms with Crippen LogP contribution in [0.3, 0.4) is 0 Å². The van der Waals surface area contributed by atoms with Crippen molar-refractivity contribution in [2.24, 2.45) is 0 Å². The van der Waals surface area contributed by atoms with Crippen molar-refractivity contribution in [3.8, 4) is 0 Å². The topological polar surface area (TPSA) is 79.2 Å². The van der Waals surface area contributed by atoms with Crippen LogP contribution in [0.25, 0.3) is 0 Å². The lowest BCUT2D eigenvalue weighted by molar-refractivity contribution is -0.290. The van der Waals surface area contributed by atoms with E-state index in [0.29, 0.717) is 11.0 Å². The smallest absolute Gasteiger partial charge is 0.186 e. The van der Waals surface area contributed by atoms with Crippen LogP contribution in [-0.4, -0.2) is 57.1 Å². The molecule has 1 saturated heterocycles. The van der Waals surface area contributed by atoms with Crippen molar-refractivity contribution in [2.75, 3.05) is 11.0 Å². The first-order chi connectivity index (χ1) is 6.61. The van der Waals surface area contributed by atoms with Gasteiger partial charge in [0.05, 0.1) is 6.10 Å². The maximum atomic E-state index is 9.50. The van der Waals surface area contributed by atoms with E-state index in [9.17, 15) is 15.3 Å². The van der Waals surface area contributed by atoms with Crippen molar-refractivity contribution in [1.29, 1.82) is 0 Å². The van der Waals surface area contributed by atoms with E-state index in [2.05, 4.69) is 0 Å². The third kappa shape index (κ3) is 2.56. The summed E-state index contributed by atoms with van der Waals surface area (Å²) < 4.78 is 10.9. The van der Waals surface area contributed by atoms with E-state index in [0.717, 1.165) is 0 Å². The standard InChI is InChI=1S/C8H15IO5/c1-2-13-8-7(12)6(11)5(10)4(3-9)14-8/h4-8,10-12H,2-3H2,1H3/t4-,5+,6+,7-,8?/m1/s1/i9-3. The van der Waals surface area contributed by atoms with Gasteiger partial charge in [-0.05, 0) is 6.92 Å². The van der Waals surface area contributed by atoms with E-state index < -0.39 is 30.7 Å². The molecule has 3 N–H and O–H groups in total. The average Bonchev–Trinajstić information content (AvgIpc) is 2.19. The van der Waals surface area contributed by atoms with Crippen molar-refractivity contribution in [2.45, 2.75) is 37.6 Å². The Balaban J connectivity index is 2.63. The quantitative estimate of drug-likeness (QED) is 0.473. The van der Waals surface area contributed by atoms with Gasteiger partial charge in [-0.15, -0.1) is 0 Å². The Morgan fingerprint density at radius 1 is 1.21 bits per heavy atom. The second-order valence-corrected chi connectivity index (χ2v) is 4.01. The lowest BCUT2D eigenvalue weighted by Gasteiger charge is -2.39. The zero-order chi connectivity index (χ0) is 10.7. The molecule has 0 amide bonds. The number of hydrogen-bond acceptors (Lipinski definition) is 5. The van der Waals surface area contributed by atoms with E-state index in [1.807, 2.05) is 22.6 Å². The molecule has 1 fully saturated rings. The van der Waals surface area contributed by atoms with E-state index in [1.165, 1.54) is 0 Å². The molecule has 84 valence electrons. The number of aliphatic hydroxyl groups excluding tert-OH is 3. The molecule has 1 rings (SSSR count). The second kappa shape index (κ2) is 5.57. The zero-order valence-corrected chi connectivity index (χ0v) is 9.99. The molecule has 0 radical (unpaired) electrons. The third-order valence-corrected chi connectivity index (χ3v) is 3.02. The first kappa shape index (κ1) is 12.6. The Bertz CT molecular complexity index is 175. The van der Waals surface area contributed by atoms with Gasteiger partial charge in [-0.1, -0.05) is 22.6 Å².